The van der Waals surface area contributed by atoms with Crippen molar-refractivity contribution < 1.29 is 19.0 Å². The van der Waals surface area contributed by atoms with Crippen LogP contribution in [0.5, 0.6) is 0 Å². The lowest BCUT2D eigenvalue weighted by Gasteiger charge is -2.34. The van der Waals surface area contributed by atoms with Gasteiger partial charge in [-0.15, -0.1) is 0 Å². The van der Waals surface area contributed by atoms with Gasteiger partial charge in [-0.2, -0.15) is 0 Å². The van der Waals surface area contributed by atoms with Crippen LogP contribution in [0.4, 0.5) is 0 Å². The van der Waals surface area contributed by atoms with Crippen molar-refractivity contribution in [2.75, 3.05) is 53.6 Å². The molecule has 0 saturated carbocycles. The lowest BCUT2D eigenvalue weighted by molar-refractivity contribution is -0.183. The maximum absolute atomic E-state index is 11.7. The molecule has 1 fully saturated rings. The Hall–Kier alpha value is -2.25. The number of esters is 1. The number of piperazine rings is 1. The van der Waals surface area contributed by atoms with Gasteiger partial charge in [0.05, 0.1) is 13.2 Å². The number of benzene rings is 2. The lowest BCUT2D eigenvalue weighted by Crippen LogP contribution is -2.47. The van der Waals surface area contributed by atoms with Gasteiger partial charge in [-0.05, 0) is 12.5 Å². The first-order chi connectivity index (χ1) is 15.6. The first-order valence-electron chi connectivity index (χ1n) is 11.5. The van der Waals surface area contributed by atoms with Gasteiger partial charge in [-0.1, -0.05) is 68.4 Å². The molecule has 3 rings (SSSR count). The van der Waals surface area contributed by atoms with Crippen LogP contribution in [0.2, 0.25) is 0 Å². The van der Waals surface area contributed by atoms with Crippen molar-refractivity contribution in [1.29, 1.82) is 0 Å². The fourth-order valence-corrected chi connectivity index (χ4v) is 3.96. The Balaban J connectivity index is 0.00000176. The Kier molecular flexibility index (Phi) is 10.8. The van der Waals surface area contributed by atoms with E-state index >= 15 is 0 Å². The summed E-state index contributed by atoms with van der Waals surface area (Å²) >= 11 is 0. The maximum atomic E-state index is 11.7. The minimum Gasteiger partial charge on any atom is -0.465 e. The van der Waals surface area contributed by atoms with Crippen LogP contribution < -0.4 is 0 Å². The van der Waals surface area contributed by atoms with E-state index < -0.39 is 5.79 Å². The minimum atomic E-state index is -0.918. The van der Waals surface area contributed by atoms with Crippen LogP contribution in [0.3, 0.4) is 0 Å². The Morgan fingerprint density at radius 2 is 1.38 bits per heavy atom. The summed E-state index contributed by atoms with van der Waals surface area (Å²) in [6, 6.07) is 18.4. The Morgan fingerprint density at radius 3 is 1.91 bits per heavy atom. The number of methoxy groups -OCH3 is 2. The fraction of sp³-hybridized carbons (Fsp3) is 0.500. The predicted molar refractivity (Wildman–Crippen MR) is 127 cm³/mol. The zero-order valence-corrected chi connectivity index (χ0v) is 20.2. The molecule has 0 atom stereocenters. The van der Waals surface area contributed by atoms with Gasteiger partial charge < -0.3 is 14.2 Å². The van der Waals surface area contributed by atoms with Crippen LogP contribution in [-0.4, -0.2) is 69.3 Å². The van der Waals surface area contributed by atoms with Gasteiger partial charge in [0, 0.05) is 58.1 Å². The van der Waals surface area contributed by atoms with E-state index in [0.717, 1.165) is 43.9 Å². The summed E-state index contributed by atoms with van der Waals surface area (Å²) in [6.07, 6.45) is 0. The molecule has 0 aromatic heterocycles. The molecule has 0 radical (unpaired) electrons. The standard InChI is InChI=1S/C24H32N2O4.C2H6/c1-4-30-23(27)19-26-16-14-25(15-17-26)18-20-10-12-22(13-11-20)24(28-2,29-3)21-8-6-5-7-9-21;1-2/h5-13H,4,14-19H2,1-3H3;1-2H3. The highest BCUT2D eigenvalue weighted by atomic mass is 16.7. The zero-order valence-electron chi connectivity index (χ0n) is 20.2. The van der Waals surface area contributed by atoms with Gasteiger partial charge in [0.1, 0.15) is 0 Å². The summed E-state index contributed by atoms with van der Waals surface area (Å²) in [5.74, 6) is -1.06. The number of hydrogen-bond acceptors (Lipinski definition) is 6. The van der Waals surface area contributed by atoms with E-state index in [-0.39, 0.29) is 5.97 Å². The van der Waals surface area contributed by atoms with E-state index in [1.807, 2.05) is 51.1 Å². The van der Waals surface area contributed by atoms with E-state index in [2.05, 4.69) is 34.1 Å². The van der Waals surface area contributed by atoms with Gasteiger partial charge >= 0.3 is 5.97 Å². The predicted octanol–water partition coefficient (Wildman–Crippen LogP) is 3.89. The molecule has 1 aliphatic heterocycles. The molecule has 1 saturated heterocycles. The molecule has 0 amide bonds. The number of ether oxygens (including phenoxy) is 3. The molecule has 0 N–H and O–H groups in total. The molecule has 0 spiro atoms. The second-order valence-electron chi connectivity index (χ2n) is 7.45. The summed E-state index contributed by atoms with van der Waals surface area (Å²) in [5.41, 5.74) is 3.16. The highest BCUT2D eigenvalue weighted by Crippen LogP contribution is 2.34. The van der Waals surface area contributed by atoms with Crippen molar-refractivity contribution in [2.45, 2.75) is 33.1 Å². The van der Waals surface area contributed by atoms with E-state index in [1.165, 1.54) is 5.56 Å². The number of nitrogens with zero attached hydrogens (tertiary/aromatic N) is 2. The number of carbonyl (C=O) groups is 1. The van der Waals surface area contributed by atoms with Gasteiger partial charge in [-0.25, -0.2) is 0 Å². The van der Waals surface area contributed by atoms with Crippen molar-refractivity contribution in [3.63, 3.8) is 0 Å². The van der Waals surface area contributed by atoms with Gasteiger partial charge in [0.15, 0.2) is 0 Å². The largest absolute Gasteiger partial charge is 0.465 e. The third kappa shape index (κ3) is 6.62. The summed E-state index contributed by atoms with van der Waals surface area (Å²) < 4.78 is 16.7. The minimum absolute atomic E-state index is 0.139. The molecule has 32 heavy (non-hydrogen) atoms. The van der Waals surface area contributed by atoms with Crippen molar-refractivity contribution in [3.8, 4) is 0 Å². The first kappa shape index (κ1) is 26.0. The van der Waals surface area contributed by atoms with E-state index in [1.54, 1.807) is 14.2 Å². The van der Waals surface area contributed by atoms with Crippen LogP contribution in [0.1, 0.15) is 37.5 Å². The van der Waals surface area contributed by atoms with Crippen molar-refractivity contribution in [1.82, 2.24) is 9.80 Å². The molecular weight excluding hydrogens is 404 g/mol. The molecule has 0 aliphatic carbocycles. The monoisotopic (exact) mass is 442 g/mol. The number of carbonyl (C=O) groups excluding carboxylic acids is 1. The van der Waals surface area contributed by atoms with Gasteiger partial charge in [-0.3, -0.25) is 14.6 Å². The zero-order chi connectivity index (χ0) is 23.4. The maximum Gasteiger partial charge on any atom is 0.320 e. The molecule has 1 aliphatic rings. The summed E-state index contributed by atoms with van der Waals surface area (Å²) in [6.45, 7) is 11.2. The summed E-state index contributed by atoms with van der Waals surface area (Å²) in [5, 5.41) is 0. The smallest absolute Gasteiger partial charge is 0.320 e. The molecule has 6 nitrogen and oxygen atoms in total. The van der Waals surface area contributed by atoms with Gasteiger partial charge in [0.25, 0.3) is 0 Å². The molecule has 176 valence electrons. The third-order valence-electron chi connectivity index (χ3n) is 5.59. The van der Waals surface area contributed by atoms with E-state index in [0.29, 0.717) is 13.2 Å². The van der Waals surface area contributed by atoms with E-state index in [4.69, 9.17) is 14.2 Å². The van der Waals surface area contributed by atoms with E-state index in [9.17, 15) is 4.79 Å². The van der Waals surface area contributed by atoms with Crippen LogP contribution >= 0.6 is 0 Å². The van der Waals surface area contributed by atoms with Gasteiger partial charge in [0.2, 0.25) is 5.79 Å². The summed E-state index contributed by atoms with van der Waals surface area (Å²) in [4.78, 5) is 16.2. The quantitative estimate of drug-likeness (QED) is 0.434. The molecule has 0 bridgehead atoms. The topological polar surface area (TPSA) is 51.2 Å². The van der Waals surface area contributed by atoms with Crippen LogP contribution in [0, 0.1) is 0 Å². The molecule has 2 aromatic carbocycles. The van der Waals surface area contributed by atoms with Crippen molar-refractivity contribution in [3.05, 3.63) is 71.3 Å². The highest BCUT2D eigenvalue weighted by molar-refractivity contribution is 5.71. The second-order valence-corrected chi connectivity index (χ2v) is 7.45. The Bertz CT molecular complexity index is 783. The summed E-state index contributed by atoms with van der Waals surface area (Å²) in [7, 11) is 3.33. The molecule has 2 aromatic rings. The second kappa shape index (κ2) is 13.3. The Labute approximate surface area is 193 Å². The van der Waals surface area contributed by atoms with Crippen LogP contribution in [0.25, 0.3) is 0 Å². The normalized spacial score (nSPS) is 15.0. The SMILES string of the molecule is CC.CCOC(=O)CN1CCN(Cc2ccc(C(OC)(OC)c3ccccc3)cc2)CC1. The molecule has 6 heteroatoms. The van der Waals surface area contributed by atoms with Crippen LogP contribution in [-0.2, 0) is 31.3 Å². The van der Waals surface area contributed by atoms with Crippen molar-refractivity contribution in [2.24, 2.45) is 0 Å². The molecule has 0 unspecified atom stereocenters. The first-order valence-corrected chi connectivity index (χ1v) is 11.5. The number of rotatable bonds is 9. The average Bonchev–Trinajstić information content (AvgIpc) is 2.85. The van der Waals surface area contributed by atoms with Crippen LogP contribution in [0.15, 0.2) is 54.6 Å². The number of hydrogen-bond donors (Lipinski definition) is 0. The fourth-order valence-electron chi connectivity index (χ4n) is 3.96. The highest BCUT2D eigenvalue weighted by Gasteiger charge is 2.34. The Morgan fingerprint density at radius 1 is 0.844 bits per heavy atom. The molecule has 1 heterocycles. The van der Waals surface area contributed by atoms with Crippen molar-refractivity contribution >= 4 is 5.97 Å². The molecular formula is C26H38N2O4. The average molecular weight is 443 g/mol. The lowest BCUT2D eigenvalue weighted by atomic mass is 9.96. The third-order valence-corrected chi connectivity index (χ3v) is 5.59.